The Morgan fingerprint density at radius 1 is 1.42 bits per heavy atom. The van der Waals surface area contributed by atoms with Crippen molar-refractivity contribution in [2.24, 2.45) is 5.92 Å². The summed E-state index contributed by atoms with van der Waals surface area (Å²) in [7, 11) is 0. The zero-order chi connectivity index (χ0) is 18.5. The molecule has 1 aliphatic heterocycles. The highest BCUT2D eigenvalue weighted by Crippen LogP contribution is 2.22. The molecule has 2 amide bonds. The van der Waals surface area contributed by atoms with Gasteiger partial charge >= 0.3 is 12.1 Å². The Morgan fingerprint density at radius 2 is 2.04 bits per heavy atom. The van der Waals surface area contributed by atoms with Crippen molar-refractivity contribution in [1.29, 1.82) is 0 Å². The molecule has 1 rings (SSSR count). The van der Waals surface area contributed by atoms with Crippen LogP contribution in [0.25, 0.3) is 0 Å². The maximum absolute atomic E-state index is 12.0. The summed E-state index contributed by atoms with van der Waals surface area (Å²) in [5.74, 6) is -0.895. The topological polar surface area (TPSA) is 113 Å². The monoisotopic (exact) mass is 360 g/mol. The van der Waals surface area contributed by atoms with Gasteiger partial charge in [0, 0.05) is 25.6 Å². The second kappa shape index (κ2) is 8.36. The van der Waals surface area contributed by atoms with E-state index < -0.39 is 23.7 Å². The molecule has 136 valence electrons. The lowest BCUT2D eigenvalue weighted by molar-refractivity contribution is -0.140. The molecule has 0 aromatic heterocycles. The molecule has 9 heteroatoms. The van der Waals surface area contributed by atoms with Gasteiger partial charge < -0.3 is 20.1 Å². The number of rotatable bonds is 6. The van der Waals surface area contributed by atoms with Gasteiger partial charge in [0.1, 0.15) is 11.6 Å². The number of carboxylic acid groups (broad SMARTS) is 1. The third-order valence-electron chi connectivity index (χ3n) is 3.21. The summed E-state index contributed by atoms with van der Waals surface area (Å²) >= 11 is 1.15. The number of hydrogen-bond donors (Lipinski definition) is 2. The van der Waals surface area contributed by atoms with E-state index in [-0.39, 0.29) is 29.9 Å². The average Bonchev–Trinajstić information content (AvgIpc) is 2.74. The van der Waals surface area contributed by atoms with Gasteiger partial charge in [0.25, 0.3) is 0 Å². The second-order valence-electron chi connectivity index (χ2n) is 6.71. The SMILES string of the molecule is CC(=O)SCC1CC(=O)N(C[C@H](NC(=O)OC(C)(C)C)C(=O)O)C1. The van der Waals surface area contributed by atoms with Gasteiger partial charge in [-0.05, 0) is 26.7 Å². The summed E-state index contributed by atoms with van der Waals surface area (Å²) in [6, 6.07) is -1.25. The number of nitrogens with zero attached hydrogens (tertiary/aromatic N) is 1. The fourth-order valence-electron chi connectivity index (χ4n) is 2.23. The molecule has 0 spiro atoms. The minimum Gasteiger partial charge on any atom is -0.480 e. The molecule has 1 fully saturated rings. The fourth-order valence-corrected chi connectivity index (χ4v) is 2.93. The molecule has 2 N–H and O–H groups in total. The lowest BCUT2D eigenvalue weighted by atomic mass is 10.1. The largest absolute Gasteiger partial charge is 0.480 e. The summed E-state index contributed by atoms with van der Waals surface area (Å²) in [4.78, 5) is 47.5. The van der Waals surface area contributed by atoms with Crippen molar-refractivity contribution >= 4 is 34.8 Å². The van der Waals surface area contributed by atoms with Crippen LogP contribution in [0.15, 0.2) is 0 Å². The first-order chi connectivity index (χ1) is 11.0. The number of hydrogen-bond acceptors (Lipinski definition) is 6. The molecule has 1 saturated heterocycles. The number of likely N-dealkylation sites (tertiary alicyclic amines) is 1. The van der Waals surface area contributed by atoms with E-state index >= 15 is 0 Å². The number of aliphatic carboxylic acids is 1. The van der Waals surface area contributed by atoms with E-state index in [1.165, 1.54) is 11.8 Å². The summed E-state index contributed by atoms with van der Waals surface area (Å²) in [6.07, 6.45) is -0.566. The van der Waals surface area contributed by atoms with Crippen LogP contribution >= 0.6 is 11.8 Å². The van der Waals surface area contributed by atoms with Crippen LogP contribution in [-0.4, -0.2) is 63.6 Å². The van der Waals surface area contributed by atoms with Gasteiger partial charge in [0.05, 0.1) is 6.54 Å². The zero-order valence-corrected chi connectivity index (χ0v) is 15.1. The second-order valence-corrected chi connectivity index (χ2v) is 7.91. The molecular weight excluding hydrogens is 336 g/mol. The minimum atomic E-state index is -1.25. The van der Waals surface area contributed by atoms with Crippen molar-refractivity contribution in [3.63, 3.8) is 0 Å². The summed E-state index contributed by atoms with van der Waals surface area (Å²) in [5, 5.41) is 11.5. The van der Waals surface area contributed by atoms with E-state index in [9.17, 15) is 24.3 Å². The highest BCUT2D eigenvalue weighted by atomic mass is 32.2. The first kappa shape index (κ1) is 20.3. The predicted molar refractivity (Wildman–Crippen MR) is 88.6 cm³/mol. The van der Waals surface area contributed by atoms with E-state index in [0.29, 0.717) is 12.3 Å². The van der Waals surface area contributed by atoms with Crippen LogP contribution in [0.2, 0.25) is 0 Å². The molecule has 1 heterocycles. The standard InChI is InChI=1S/C15H24N2O6S/c1-9(18)24-8-10-5-12(19)17(6-10)7-11(13(20)21)16-14(22)23-15(2,3)4/h10-11H,5-8H2,1-4H3,(H,16,22)(H,20,21)/t10?,11-/m0/s1. The van der Waals surface area contributed by atoms with E-state index in [2.05, 4.69) is 5.32 Å². The molecule has 8 nitrogen and oxygen atoms in total. The maximum atomic E-state index is 12.0. The lowest BCUT2D eigenvalue weighted by Crippen LogP contribution is -2.50. The zero-order valence-electron chi connectivity index (χ0n) is 14.3. The van der Waals surface area contributed by atoms with E-state index in [1.807, 2.05) is 0 Å². The number of carbonyl (C=O) groups excluding carboxylic acids is 3. The number of thioether (sulfide) groups is 1. The van der Waals surface area contributed by atoms with Crippen LogP contribution in [0.3, 0.4) is 0 Å². The van der Waals surface area contributed by atoms with Crippen molar-refractivity contribution in [1.82, 2.24) is 10.2 Å². The van der Waals surface area contributed by atoms with Gasteiger partial charge in [-0.3, -0.25) is 9.59 Å². The Labute approximate surface area is 145 Å². The van der Waals surface area contributed by atoms with Crippen LogP contribution in [0.4, 0.5) is 4.79 Å². The number of carboxylic acids is 1. The van der Waals surface area contributed by atoms with Crippen molar-refractivity contribution in [3.8, 4) is 0 Å². The van der Waals surface area contributed by atoms with Crippen molar-refractivity contribution in [3.05, 3.63) is 0 Å². The molecular formula is C15H24N2O6S. The van der Waals surface area contributed by atoms with E-state index in [1.54, 1.807) is 20.8 Å². The Morgan fingerprint density at radius 3 is 2.54 bits per heavy atom. The first-order valence-electron chi connectivity index (χ1n) is 7.61. The van der Waals surface area contributed by atoms with Crippen molar-refractivity contribution in [2.75, 3.05) is 18.8 Å². The first-order valence-corrected chi connectivity index (χ1v) is 8.60. The molecule has 0 radical (unpaired) electrons. The van der Waals surface area contributed by atoms with Crippen LogP contribution in [0.1, 0.15) is 34.1 Å². The van der Waals surface area contributed by atoms with Crippen LogP contribution < -0.4 is 5.32 Å². The fraction of sp³-hybridized carbons (Fsp3) is 0.733. The number of ether oxygens (including phenoxy) is 1. The quantitative estimate of drug-likeness (QED) is 0.729. The number of alkyl carbamates (subject to hydrolysis) is 1. The van der Waals surface area contributed by atoms with Crippen molar-refractivity contribution < 1.29 is 29.0 Å². The molecule has 1 aliphatic rings. The number of nitrogens with one attached hydrogen (secondary N) is 1. The molecule has 0 aromatic rings. The van der Waals surface area contributed by atoms with Gasteiger partial charge in [-0.1, -0.05) is 11.8 Å². The Hall–Kier alpha value is -1.77. The molecule has 0 bridgehead atoms. The van der Waals surface area contributed by atoms with Gasteiger partial charge in [0.2, 0.25) is 5.91 Å². The third kappa shape index (κ3) is 7.20. The highest BCUT2D eigenvalue weighted by molar-refractivity contribution is 8.13. The van der Waals surface area contributed by atoms with Crippen LogP contribution in [0.5, 0.6) is 0 Å². The maximum Gasteiger partial charge on any atom is 0.408 e. The highest BCUT2D eigenvalue weighted by Gasteiger charge is 2.34. The Kier molecular flexibility index (Phi) is 7.07. The van der Waals surface area contributed by atoms with Gasteiger partial charge in [-0.25, -0.2) is 9.59 Å². The Bertz CT molecular complexity index is 517. The summed E-state index contributed by atoms with van der Waals surface area (Å²) in [6.45, 7) is 6.72. The smallest absolute Gasteiger partial charge is 0.408 e. The van der Waals surface area contributed by atoms with Crippen LogP contribution in [-0.2, 0) is 19.1 Å². The van der Waals surface area contributed by atoms with Gasteiger partial charge in [0.15, 0.2) is 5.12 Å². The summed E-state index contributed by atoms with van der Waals surface area (Å²) < 4.78 is 5.04. The average molecular weight is 360 g/mol. The molecule has 1 unspecified atom stereocenters. The van der Waals surface area contributed by atoms with Gasteiger partial charge in [-0.15, -0.1) is 0 Å². The third-order valence-corrected chi connectivity index (χ3v) is 4.25. The molecule has 2 atom stereocenters. The number of carbonyl (C=O) groups is 4. The lowest BCUT2D eigenvalue weighted by Gasteiger charge is -2.24. The molecule has 0 aliphatic carbocycles. The molecule has 0 saturated carbocycles. The minimum absolute atomic E-state index is 0.00220. The summed E-state index contributed by atoms with van der Waals surface area (Å²) in [5.41, 5.74) is -0.744. The molecule has 0 aromatic carbocycles. The normalized spacial score (nSPS) is 19.1. The predicted octanol–water partition coefficient (Wildman–Crippen LogP) is 1.09. The number of amides is 2. The van der Waals surface area contributed by atoms with Gasteiger partial charge in [-0.2, -0.15) is 0 Å². The van der Waals surface area contributed by atoms with E-state index in [4.69, 9.17) is 4.74 Å². The Balaban J connectivity index is 2.59. The van der Waals surface area contributed by atoms with Crippen LogP contribution in [0, 0.1) is 5.92 Å². The van der Waals surface area contributed by atoms with E-state index in [0.717, 1.165) is 11.8 Å². The molecule has 24 heavy (non-hydrogen) atoms. The van der Waals surface area contributed by atoms with Crippen molar-refractivity contribution in [2.45, 2.75) is 45.8 Å².